The van der Waals surface area contributed by atoms with Gasteiger partial charge in [-0.1, -0.05) is 0 Å². The van der Waals surface area contributed by atoms with E-state index in [0.29, 0.717) is 12.3 Å². The number of carbonyl (C=O) groups is 1. The molecule has 0 aliphatic carbocycles. The summed E-state index contributed by atoms with van der Waals surface area (Å²) in [5, 5.41) is 2.56. The van der Waals surface area contributed by atoms with Crippen molar-refractivity contribution in [2.24, 2.45) is 0 Å². The fourth-order valence-electron chi connectivity index (χ4n) is 0.931. The Morgan fingerprint density at radius 1 is 1.43 bits per heavy atom. The minimum Gasteiger partial charge on any atom is -0.410 e. The van der Waals surface area contributed by atoms with E-state index in [-0.39, 0.29) is 0 Å². The Morgan fingerprint density at radius 3 is 2.57 bits per heavy atom. The van der Waals surface area contributed by atoms with Gasteiger partial charge in [-0.3, -0.25) is 0 Å². The third kappa shape index (κ3) is 3.30. The van der Waals surface area contributed by atoms with E-state index >= 15 is 0 Å². The van der Waals surface area contributed by atoms with Crippen LogP contribution in [0.4, 0.5) is 4.79 Å². The minimum atomic E-state index is -0.413. The van der Waals surface area contributed by atoms with Gasteiger partial charge in [0.05, 0.1) is 0 Å². The molecule has 4 heteroatoms. The lowest BCUT2D eigenvalue weighted by molar-refractivity contribution is 0.201. The number of hydrogen-bond acceptors (Lipinski definition) is 3. The van der Waals surface area contributed by atoms with Gasteiger partial charge in [0, 0.05) is 11.4 Å². The molecule has 0 aromatic heterocycles. The second kappa shape index (κ2) is 5.54. The van der Waals surface area contributed by atoms with Crippen LogP contribution in [-0.2, 0) is 0 Å². The van der Waals surface area contributed by atoms with Gasteiger partial charge in [0.1, 0.15) is 5.75 Å². The predicted octanol–water partition coefficient (Wildman–Crippen LogP) is 2.52. The highest BCUT2D eigenvalue weighted by atomic mass is 32.2. The zero-order valence-electron chi connectivity index (χ0n) is 8.24. The van der Waals surface area contributed by atoms with Crippen LogP contribution in [0.3, 0.4) is 0 Å². The fraction of sp³-hybridized carbons (Fsp3) is 0.300. The van der Waals surface area contributed by atoms with E-state index in [1.165, 1.54) is 0 Å². The van der Waals surface area contributed by atoms with Crippen molar-refractivity contribution in [2.75, 3.05) is 12.8 Å². The Hall–Kier alpha value is -1.16. The molecule has 1 aromatic rings. The first-order valence-electron chi connectivity index (χ1n) is 4.36. The molecule has 14 heavy (non-hydrogen) atoms. The van der Waals surface area contributed by atoms with Gasteiger partial charge in [-0.05, 0) is 37.4 Å². The first kappa shape index (κ1) is 10.9. The summed E-state index contributed by atoms with van der Waals surface area (Å²) in [6.45, 7) is 2.42. The zero-order chi connectivity index (χ0) is 10.4. The highest BCUT2D eigenvalue weighted by Gasteiger charge is 2.01. The molecule has 0 saturated heterocycles. The van der Waals surface area contributed by atoms with Crippen molar-refractivity contribution in [1.29, 1.82) is 0 Å². The standard InChI is InChI=1S/C10H13NO2S/c1-3-11-10(12)13-8-4-6-9(14-2)7-5-8/h4-7H,3H2,1-2H3,(H,11,12). The molecule has 1 rings (SSSR count). The molecular weight excluding hydrogens is 198 g/mol. The summed E-state index contributed by atoms with van der Waals surface area (Å²) >= 11 is 1.65. The number of rotatable bonds is 3. The Labute approximate surface area is 87.8 Å². The average molecular weight is 211 g/mol. The van der Waals surface area contributed by atoms with Crippen molar-refractivity contribution >= 4 is 17.9 Å². The first-order chi connectivity index (χ1) is 6.76. The highest BCUT2D eigenvalue weighted by molar-refractivity contribution is 7.98. The van der Waals surface area contributed by atoms with Crippen molar-refractivity contribution in [3.63, 3.8) is 0 Å². The molecule has 0 heterocycles. The zero-order valence-corrected chi connectivity index (χ0v) is 9.06. The van der Waals surface area contributed by atoms with Crippen LogP contribution in [-0.4, -0.2) is 18.9 Å². The molecular formula is C10H13NO2S. The predicted molar refractivity (Wildman–Crippen MR) is 57.9 cm³/mol. The summed E-state index contributed by atoms with van der Waals surface area (Å²) in [4.78, 5) is 12.2. The normalized spacial score (nSPS) is 9.57. The lowest BCUT2D eigenvalue weighted by Crippen LogP contribution is -2.26. The van der Waals surface area contributed by atoms with Gasteiger partial charge < -0.3 is 10.1 Å². The van der Waals surface area contributed by atoms with E-state index in [9.17, 15) is 4.79 Å². The van der Waals surface area contributed by atoms with Gasteiger partial charge >= 0.3 is 6.09 Å². The Bertz CT molecular complexity index is 297. The maximum absolute atomic E-state index is 11.0. The molecule has 3 nitrogen and oxygen atoms in total. The van der Waals surface area contributed by atoms with Crippen LogP contribution in [0.1, 0.15) is 6.92 Å². The van der Waals surface area contributed by atoms with Crippen LogP contribution in [0.2, 0.25) is 0 Å². The summed E-state index contributed by atoms with van der Waals surface area (Å²) in [6.07, 6.45) is 1.59. The second-order valence-corrected chi connectivity index (χ2v) is 3.48. The van der Waals surface area contributed by atoms with E-state index < -0.39 is 6.09 Å². The van der Waals surface area contributed by atoms with Gasteiger partial charge in [0.15, 0.2) is 0 Å². The van der Waals surface area contributed by atoms with Crippen molar-refractivity contribution in [3.8, 4) is 5.75 Å². The van der Waals surface area contributed by atoms with E-state index in [1.54, 1.807) is 23.9 Å². The number of carbonyl (C=O) groups excluding carboxylic acids is 1. The molecule has 0 radical (unpaired) electrons. The molecule has 1 N–H and O–H groups in total. The third-order valence-corrected chi connectivity index (χ3v) is 2.33. The highest BCUT2D eigenvalue weighted by Crippen LogP contribution is 2.18. The van der Waals surface area contributed by atoms with Crippen LogP contribution in [0.5, 0.6) is 5.75 Å². The Morgan fingerprint density at radius 2 is 2.07 bits per heavy atom. The number of amides is 1. The number of ether oxygens (including phenoxy) is 1. The van der Waals surface area contributed by atoms with Crippen LogP contribution in [0.25, 0.3) is 0 Å². The average Bonchev–Trinajstić information content (AvgIpc) is 2.19. The van der Waals surface area contributed by atoms with Crippen molar-refractivity contribution in [1.82, 2.24) is 5.32 Å². The summed E-state index contributed by atoms with van der Waals surface area (Å²) in [6, 6.07) is 7.39. The van der Waals surface area contributed by atoms with Crippen LogP contribution in [0.15, 0.2) is 29.2 Å². The summed E-state index contributed by atoms with van der Waals surface area (Å²) in [5.74, 6) is 0.564. The van der Waals surface area contributed by atoms with Gasteiger partial charge in [-0.25, -0.2) is 4.79 Å². The van der Waals surface area contributed by atoms with E-state index in [4.69, 9.17) is 4.74 Å². The third-order valence-electron chi connectivity index (χ3n) is 1.59. The SMILES string of the molecule is CCNC(=O)Oc1ccc(SC)cc1. The maximum Gasteiger partial charge on any atom is 0.412 e. The van der Waals surface area contributed by atoms with E-state index in [0.717, 1.165) is 4.90 Å². The molecule has 0 atom stereocenters. The summed E-state index contributed by atoms with van der Waals surface area (Å²) < 4.78 is 4.99. The lowest BCUT2D eigenvalue weighted by atomic mass is 10.3. The number of thioether (sulfide) groups is 1. The van der Waals surface area contributed by atoms with Crippen molar-refractivity contribution < 1.29 is 9.53 Å². The topological polar surface area (TPSA) is 38.3 Å². The van der Waals surface area contributed by atoms with Crippen molar-refractivity contribution in [2.45, 2.75) is 11.8 Å². The molecule has 0 bridgehead atoms. The number of nitrogens with one attached hydrogen (secondary N) is 1. The van der Waals surface area contributed by atoms with Crippen LogP contribution in [0, 0.1) is 0 Å². The molecule has 0 aliphatic rings. The molecule has 1 aromatic carbocycles. The van der Waals surface area contributed by atoms with Gasteiger partial charge in [-0.15, -0.1) is 11.8 Å². The fourth-order valence-corrected chi connectivity index (χ4v) is 1.34. The summed E-state index contributed by atoms with van der Waals surface area (Å²) in [5.41, 5.74) is 0. The molecule has 76 valence electrons. The quantitative estimate of drug-likeness (QED) is 0.781. The number of benzene rings is 1. The van der Waals surface area contributed by atoms with Crippen molar-refractivity contribution in [3.05, 3.63) is 24.3 Å². The van der Waals surface area contributed by atoms with Crippen LogP contribution >= 0.6 is 11.8 Å². The first-order valence-corrected chi connectivity index (χ1v) is 5.58. The van der Waals surface area contributed by atoms with Crippen LogP contribution < -0.4 is 10.1 Å². The summed E-state index contributed by atoms with van der Waals surface area (Å²) in [7, 11) is 0. The second-order valence-electron chi connectivity index (χ2n) is 2.60. The molecule has 0 unspecified atom stereocenters. The Kier molecular flexibility index (Phi) is 4.32. The van der Waals surface area contributed by atoms with E-state index in [2.05, 4.69) is 5.32 Å². The number of hydrogen-bond donors (Lipinski definition) is 1. The van der Waals surface area contributed by atoms with E-state index in [1.807, 2.05) is 25.3 Å². The smallest absolute Gasteiger partial charge is 0.410 e. The minimum absolute atomic E-state index is 0.413. The maximum atomic E-state index is 11.0. The Balaban J connectivity index is 2.55. The monoisotopic (exact) mass is 211 g/mol. The molecule has 0 aliphatic heterocycles. The van der Waals surface area contributed by atoms with Gasteiger partial charge in [-0.2, -0.15) is 0 Å². The molecule has 0 saturated carbocycles. The van der Waals surface area contributed by atoms with Gasteiger partial charge in [0.25, 0.3) is 0 Å². The molecule has 0 fully saturated rings. The molecule has 1 amide bonds. The largest absolute Gasteiger partial charge is 0.412 e. The van der Waals surface area contributed by atoms with Gasteiger partial charge in [0.2, 0.25) is 0 Å². The lowest BCUT2D eigenvalue weighted by Gasteiger charge is -2.04. The molecule has 0 spiro atoms.